The minimum atomic E-state index is -0.461. The number of nitrogens with one attached hydrogen (secondary N) is 1. The van der Waals surface area contributed by atoms with Crippen LogP contribution in [0.3, 0.4) is 0 Å². The van der Waals surface area contributed by atoms with Crippen molar-refractivity contribution in [2.24, 2.45) is 0 Å². The van der Waals surface area contributed by atoms with E-state index >= 15 is 0 Å². The zero-order valence-electron chi connectivity index (χ0n) is 14.9. The molecule has 142 valence electrons. The summed E-state index contributed by atoms with van der Waals surface area (Å²) in [6.45, 7) is 0.580. The molecular formula is C21H18N2O5. The van der Waals surface area contributed by atoms with E-state index in [1.54, 1.807) is 24.3 Å². The number of ether oxygens (including phenoxy) is 1. The Balaban J connectivity index is 1.46. The molecule has 4 rings (SSSR count). The number of nitro groups is 1. The summed E-state index contributed by atoms with van der Waals surface area (Å²) in [6.07, 6.45) is 0.538. The van der Waals surface area contributed by atoms with Crippen molar-refractivity contribution in [1.82, 2.24) is 5.32 Å². The second-order valence-electron chi connectivity index (χ2n) is 6.54. The Morgan fingerprint density at radius 1 is 1.04 bits per heavy atom. The van der Waals surface area contributed by atoms with E-state index < -0.39 is 4.92 Å². The molecule has 7 heteroatoms. The van der Waals surface area contributed by atoms with Crippen molar-refractivity contribution in [2.45, 2.75) is 18.6 Å². The largest absolute Gasteiger partial charge is 0.451 e. The molecule has 1 aromatic heterocycles. The van der Waals surface area contributed by atoms with Gasteiger partial charge in [0, 0.05) is 24.3 Å². The van der Waals surface area contributed by atoms with Crippen LogP contribution in [0.1, 0.15) is 28.6 Å². The molecule has 7 nitrogen and oxygen atoms in total. The molecule has 0 spiro atoms. The second kappa shape index (κ2) is 7.66. The number of nitro benzene ring substituents is 1. The molecule has 0 bridgehead atoms. The van der Waals surface area contributed by atoms with Crippen LogP contribution in [0.5, 0.6) is 0 Å². The zero-order chi connectivity index (χ0) is 19.5. The van der Waals surface area contributed by atoms with E-state index in [-0.39, 0.29) is 29.5 Å². The maximum atomic E-state index is 12.6. The molecule has 1 aliphatic rings. The number of non-ortho nitro benzene ring substituents is 1. The van der Waals surface area contributed by atoms with Gasteiger partial charge in [-0.2, -0.15) is 0 Å². The van der Waals surface area contributed by atoms with Crippen molar-refractivity contribution in [3.8, 4) is 11.3 Å². The van der Waals surface area contributed by atoms with E-state index in [4.69, 9.17) is 9.15 Å². The maximum absolute atomic E-state index is 12.6. The van der Waals surface area contributed by atoms with Crippen LogP contribution >= 0.6 is 0 Å². The first-order valence-corrected chi connectivity index (χ1v) is 8.94. The Bertz CT molecular complexity index is 982. The average Bonchev–Trinajstić information content (AvgIpc) is 3.38. The van der Waals surface area contributed by atoms with Crippen molar-refractivity contribution < 1.29 is 18.9 Å². The van der Waals surface area contributed by atoms with E-state index in [0.717, 1.165) is 12.0 Å². The molecule has 2 unspecified atom stereocenters. The number of hydrogen-bond acceptors (Lipinski definition) is 5. The third-order valence-corrected chi connectivity index (χ3v) is 4.73. The summed E-state index contributed by atoms with van der Waals surface area (Å²) in [6, 6.07) is 18.9. The monoisotopic (exact) mass is 378 g/mol. The van der Waals surface area contributed by atoms with Gasteiger partial charge in [0.15, 0.2) is 5.76 Å². The predicted molar refractivity (Wildman–Crippen MR) is 102 cm³/mol. The first-order valence-electron chi connectivity index (χ1n) is 8.94. The molecule has 2 aromatic carbocycles. The number of rotatable bonds is 5. The van der Waals surface area contributed by atoms with Crippen molar-refractivity contribution in [3.05, 3.63) is 88.2 Å². The topological polar surface area (TPSA) is 94.6 Å². The standard InChI is InChI=1S/C21H18N2O5/c24-21(22-17-12-13-27-20(17)15-4-2-1-3-5-15)19-11-10-18(28-19)14-6-8-16(9-7-14)23(25)26/h1-11,17,20H,12-13H2,(H,22,24). The van der Waals surface area contributed by atoms with Crippen LogP contribution < -0.4 is 5.32 Å². The summed E-state index contributed by atoms with van der Waals surface area (Å²) < 4.78 is 11.5. The van der Waals surface area contributed by atoms with Gasteiger partial charge in [-0.15, -0.1) is 0 Å². The lowest BCUT2D eigenvalue weighted by atomic mass is 10.0. The zero-order valence-corrected chi connectivity index (χ0v) is 14.9. The van der Waals surface area contributed by atoms with Crippen molar-refractivity contribution in [3.63, 3.8) is 0 Å². The summed E-state index contributed by atoms with van der Waals surface area (Å²) >= 11 is 0. The Morgan fingerprint density at radius 2 is 1.79 bits per heavy atom. The van der Waals surface area contributed by atoms with Gasteiger partial charge in [0.25, 0.3) is 11.6 Å². The summed E-state index contributed by atoms with van der Waals surface area (Å²) in [4.78, 5) is 22.9. The third kappa shape index (κ3) is 3.65. The molecule has 2 heterocycles. The smallest absolute Gasteiger partial charge is 0.287 e. The Hall–Kier alpha value is -3.45. The fourth-order valence-corrected chi connectivity index (χ4v) is 3.31. The van der Waals surface area contributed by atoms with Crippen LogP contribution in [0.2, 0.25) is 0 Å². The van der Waals surface area contributed by atoms with Gasteiger partial charge in [0.2, 0.25) is 0 Å². The van der Waals surface area contributed by atoms with E-state index in [1.807, 2.05) is 30.3 Å². The van der Waals surface area contributed by atoms with Crippen LogP contribution in [0.15, 0.2) is 71.1 Å². The highest BCUT2D eigenvalue weighted by molar-refractivity contribution is 5.92. The molecule has 1 amide bonds. The highest BCUT2D eigenvalue weighted by Gasteiger charge is 2.31. The maximum Gasteiger partial charge on any atom is 0.287 e. The number of furan rings is 1. The molecule has 0 aliphatic carbocycles. The minimum Gasteiger partial charge on any atom is -0.451 e. The van der Waals surface area contributed by atoms with Crippen molar-refractivity contribution in [1.29, 1.82) is 0 Å². The van der Waals surface area contributed by atoms with Crippen LogP contribution in [0.4, 0.5) is 5.69 Å². The van der Waals surface area contributed by atoms with Gasteiger partial charge in [-0.25, -0.2) is 0 Å². The summed E-state index contributed by atoms with van der Waals surface area (Å²) in [5, 5.41) is 13.7. The quantitative estimate of drug-likeness (QED) is 0.532. The number of benzene rings is 2. The first-order chi connectivity index (χ1) is 13.6. The van der Waals surface area contributed by atoms with Crippen LogP contribution in [-0.4, -0.2) is 23.5 Å². The van der Waals surface area contributed by atoms with Gasteiger partial charge in [0.05, 0.1) is 11.0 Å². The van der Waals surface area contributed by atoms with Gasteiger partial charge >= 0.3 is 0 Å². The molecule has 0 radical (unpaired) electrons. The van der Waals surface area contributed by atoms with E-state index in [2.05, 4.69) is 5.32 Å². The number of carbonyl (C=O) groups excluding carboxylic acids is 1. The lowest BCUT2D eigenvalue weighted by Crippen LogP contribution is -2.36. The SMILES string of the molecule is O=C(NC1CCOC1c1ccccc1)c1ccc(-c2ccc([N+](=O)[O-])cc2)o1. The van der Waals surface area contributed by atoms with Crippen LogP contribution in [-0.2, 0) is 4.74 Å². The predicted octanol–water partition coefficient (Wildman–Crippen LogP) is 4.11. The number of carbonyl (C=O) groups is 1. The average molecular weight is 378 g/mol. The van der Waals surface area contributed by atoms with Crippen molar-refractivity contribution in [2.75, 3.05) is 6.61 Å². The van der Waals surface area contributed by atoms with Gasteiger partial charge in [-0.05, 0) is 36.2 Å². The summed E-state index contributed by atoms with van der Waals surface area (Å²) in [7, 11) is 0. The number of nitrogens with zero attached hydrogens (tertiary/aromatic N) is 1. The van der Waals surface area contributed by atoms with Gasteiger partial charge in [-0.3, -0.25) is 14.9 Å². The van der Waals surface area contributed by atoms with E-state index in [1.165, 1.54) is 12.1 Å². The van der Waals surface area contributed by atoms with E-state index in [9.17, 15) is 14.9 Å². The Labute approximate surface area is 161 Å². The second-order valence-corrected chi connectivity index (χ2v) is 6.54. The fraction of sp³-hybridized carbons (Fsp3) is 0.190. The Kier molecular flexibility index (Phi) is 4.90. The molecular weight excluding hydrogens is 360 g/mol. The highest BCUT2D eigenvalue weighted by Crippen LogP contribution is 2.30. The summed E-state index contributed by atoms with van der Waals surface area (Å²) in [5.74, 6) is 0.346. The van der Waals surface area contributed by atoms with Gasteiger partial charge < -0.3 is 14.5 Å². The highest BCUT2D eigenvalue weighted by atomic mass is 16.6. The van der Waals surface area contributed by atoms with Crippen LogP contribution in [0, 0.1) is 10.1 Å². The van der Waals surface area contributed by atoms with Gasteiger partial charge in [0.1, 0.15) is 11.9 Å². The lowest BCUT2D eigenvalue weighted by Gasteiger charge is -2.19. The minimum absolute atomic E-state index is 0.00135. The van der Waals surface area contributed by atoms with Crippen molar-refractivity contribution >= 4 is 11.6 Å². The first kappa shape index (κ1) is 17.9. The molecule has 28 heavy (non-hydrogen) atoms. The summed E-state index contributed by atoms with van der Waals surface area (Å²) in [5.41, 5.74) is 1.69. The lowest BCUT2D eigenvalue weighted by molar-refractivity contribution is -0.384. The molecule has 2 atom stereocenters. The fourth-order valence-electron chi connectivity index (χ4n) is 3.31. The molecule has 1 aliphatic heterocycles. The van der Waals surface area contributed by atoms with Gasteiger partial charge in [-0.1, -0.05) is 30.3 Å². The number of hydrogen-bond donors (Lipinski definition) is 1. The van der Waals surface area contributed by atoms with Crippen LogP contribution in [0.25, 0.3) is 11.3 Å². The van der Waals surface area contributed by atoms with E-state index in [0.29, 0.717) is 17.9 Å². The molecule has 0 saturated carbocycles. The number of amides is 1. The molecule has 1 N–H and O–H groups in total. The normalized spacial score (nSPS) is 18.7. The molecule has 1 saturated heterocycles. The third-order valence-electron chi connectivity index (χ3n) is 4.73. The molecule has 1 fully saturated rings. The Morgan fingerprint density at radius 3 is 2.50 bits per heavy atom. The molecule has 3 aromatic rings.